The molecule has 9 heavy (non-hydrogen) atoms. The van der Waals surface area contributed by atoms with Crippen LogP contribution in [-0.2, 0) is 3.17 Å². The standard InChI is InChI=1S/C5H13INO2/c1-3-4-5-7(8)9-6-2/h7H,3-5H2,1-2H3/q-1. The summed E-state index contributed by atoms with van der Waals surface area (Å²) in [4.78, 5) is 1.93. The van der Waals surface area contributed by atoms with Crippen LogP contribution in [0.5, 0.6) is 0 Å². The number of alkyl halides is 1. The Bertz CT molecular complexity index is 62.9. The molecule has 0 heterocycles. The summed E-state index contributed by atoms with van der Waals surface area (Å²) < 4.78 is 4.82. The second-order valence-corrected chi connectivity index (χ2v) is 3.03. The summed E-state index contributed by atoms with van der Waals surface area (Å²) in [5.41, 5.74) is 0. The van der Waals surface area contributed by atoms with Gasteiger partial charge in [0.1, 0.15) is 0 Å². The van der Waals surface area contributed by atoms with Crippen LogP contribution in [-0.4, -0.2) is 11.5 Å². The van der Waals surface area contributed by atoms with E-state index in [9.17, 15) is 5.21 Å². The Kier molecular flexibility index (Phi) is 7.18. The third-order valence-corrected chi connectivity index (χ3v) is 1.83. The fraction of sp³-hybridized carbons (Fsp3) is 1.00. The number of halogens is 1. The first-order valence-corrected chi connectivity index (χ1v) is 6.04. The van der Waals surface area contributed by atoms with E-state index in [-0.39, 0.29) is 26.8 Å². The van der Waals surface area contributed by atoms with Crippen molar-refractivity contribution in [2.24, 2.45) is 0 Å². The summed E-state index contributed by atoms with van der Waals surface area (Å²) in [7, 11) is 0. The maximum absolute atomic E-state index is 10.6. The molecule has 0 aliphatic carbocycles. The SMILES string of the molecule is CCCC[NH+]([O-])O[I-]C. The van der Waals surface area contributed by atoms with Gasteiger partial charge in [0.25, 0.3) is 0 Å². The van der Waals surface area contributed by atoms with Gasteiger partial charge in [-0.05, 0) is 0 Å². The normalized spacial score (nSPS) is 14.1. The molecule has 0 saturated carbocycles. The molecular formula is C5H13INO2-. The first-order chi connectivity index (χ1) is 4.31. The van der Waals surface area contributed by atoms with Crippen molar-refractivity contribution in [2.75, 3.05) is 11.5 Å². The molecule has 0 bridgehead atoms. The van der Waals surface area contributed by atoms with Crippen LogP contribution in [0.25, 0.3) is 0 Å². The third-order valence-electron chi connectivity index (χ3n) is 0.898. The molecule has 0 saturated heterocycles. The van der Waals surface area contributed by atoms with E-state index in [0.29, 0.717) is 6.54 Å². The molecule has 4 heteroatoms. The second kappa shape index (κ2) is 6.73. The van der Waals surface area contributed by atoms with Crippen molar-refractivity contribution >= 4 is 0 Å². The van der Waals surface area contributed by atoms with E-state index in [2.05, 4.69) is 6.92 Å². The summed E-state index contributed by atoms with van der Waals surface area (Å²) >= 11 is -0.300. The number of hydrogen-bond acceptors (Lipinski definition) is 2. The Morgan fingerprint density at radius 1 is 1.67 bits per heavy atom. The number of nitrogens with one attached hydrogen (secondary N) is 1. The Balaban J connectivity index is 2.95. The third kappa shape index (κ3) is 6.50. The van der Waals surface area contributed by atoms with Gasteiger partial charge in [-0.25, -0.2) is 0 Å². The molecule has 0 aromatic rings. The minimum atomic E-state index is -0.300. The maximum atomic E-state index is 10.6. The van der Waals surface area contributed by atoms with Gasteiger partial charge >= 0.3 is 66.5 Å². The number of unbranched alkanes of at least 4 members (excludes halogenated alkanes) is 1. The molecule has 0 radical (unpaired) electrons. The quantitative estimate of drug-likeness (QED) is 0.314. The second-order valence-electron chi connectivity index (χ2n) is 1.71. The number of hydrogen-bond donors (Lipinski definition) is 1. The molecule has 1 unspecified atom stereocenters. The van der Waals surface area contributed by atoms with Gasteiger partial charge in [-0.3, -0.25) is 0 Å². The Labute approximate surface area is 66.7 Å². The van der Waals surface area contributed by atoms with E-state index in [1.807, 2.05) is 4.93 Å². The molecule has 0 spiro atoms. The zero-order valence-corrected chi connectivity index (χ0v) is 7.97. The van der Waals surface area contributed by atoms with E-state index >= 15 is 0 Å². The van der Waals surface area contributed by atoms with Gasteiger partial charge in [0.15, 0.2) is 0 Å². The van der Waals surface area contributed by atoms with E-state index < -0.39 is 0 Å². The van der Waals surface area contributed by atoms with Crippen molar-refractivity contribution in [3.05, 3.63) is 5.21 Å². The molecule has 0 aromatic carbocycles. The first kappa shape index (κ1) is 9.61. The average Bonchev–Trinajstić information content (AvgIpc) is 1.85. The van der Waals surface area contributed by atoms with E-state index in [1.54, 1.807) is 0 Å². The Morgan fingerprint density at radius 2 is 2.33 bits per heavy atom. The molecule has 0 rings (SSSR count). The minimum absolute atomic E-state index is 0.0212. The number of quaternary nitrogens is 1. The van der Waals surface area contributed by atoms with Crippen molar-refractivity contribution in [2.45, 2.75) is 19.8 Å². The Hall–Kier alpha value is 0.610. The van der Waals surface area contributed by atoms with Gasteiger partial charge in [-0.2, -0.15) is 0 Å². The average molecular weight is 246 g/mol. The topological polar surface area (TPSA) is 36.7 Å². The molecule has 0 aliphatic heterocycles. The molecule has 0 amide bonds. The summed E-state index contributed by atoms with van der Waals surface area (Å²) in [6.45, 7) is 2.67. The molecule has 58 valence electrons. The predicted molar refractivity (Wildman–Crippen MR) is 31.1 cm³/mol. The van der Waals surface area contributed by atoms with E-state index in [0.717, 1.165) is 12.8 Å². The molecule has 0 aliphatic rings. The van der Waals surface area contributed by atoms with Gasteiger partial charge in [-0.15, -0.1) is 0 Å². The molecule has 1 N–H and O–H groups in total. The van der Waals surface area contributed by atoms with Gasteiger partial charge in [0.2, 0.25) is 0 Å². The zero-order chi connectivity index (χ0) is 7.11. The summed E-state index contributed by atoms with van der Waals surface area (Å²) in [5, 5.41) is 10.6. The van der Waals surface area contributed by atoms with Crippen LogP contribution in [0, 0.1) is 5.21 Å². The van der Waals surface area contributed by atoms with Crippen molar-refractivity contribution in [1.82, 2.24) is 0 Å². The van der Waals surface area contributed by atoms with Crippen LogP contribution in [0.2, 0.25) is 0 Å². The number of rotatable bonds is 5. The summed E-state index contributed by atoms with van der Waals surface area (Å²) in [5.74, 6) is 0. The Morgan fingerprint density at radius 3 is 2.78 bits per heavy atom. The van der Waals surface area contributed by atoms with Crippen LogP contribution >= 0.6 is 0 Å². The monoisotopic (exact) mass is 246 g/mol. The zero-order valence-electron chi connectivity index (χ0n) is 5.82. The van der Waals surface area contributed by atoms with Gasteiger partial charge in [-0.1, -0.05) is 0 Å². The van der Waals surface area contributed by atoms with Crippen molar-refractivity contribution in [3.63, 3.8) is 0 Å². The summed E-state index contributed by atoms with van der Waals surface area (Å²) in [6.07, 6.45) is 2.03. The van der Waals surface area contributed by atoms with Gasteiger partial charge in [0.05, 0.1) is 0 Å². The fourth-order valence-electron chi connectivity index (χ4n) is 0.446. The molecule has 1 atom stereocenters. The molecule has 0 aromatic heterocycles. The first-order valence-electron chi connectivity index (χ1n) is 3.00. The van der Waals surface area contributed by atoms with Crippen LogP contribution in [0.3, 0.4) is 0 Å². The van der Waals surface area contributed by atoms with Crippen LogP contribution < -0.4 is 26.8 Å². The van der Waals surface area contributed by atoms with Crippen LogP contribution in [0.4, 0.5) is 0 Å². The molecular weight excluding hydrogens is 233 g/mol. The van der Waals surface area contributed by atoms with Crippen molar-refractivity contribution < 1.29 is 30.0 Å². The van der Waals surface area contributed by atoms with E-state index in [1.165, 1.54) is 0 Å². The number of hydroxylamine groups is 2. The van der Waals surface area contributed by atoms with Crippen LogP contribution in [0.1, 0.15) is 19.8 Å². The molecule has 0 fully saturated rings. The predicted octanol–water partition coefficient (Wildman–Crippen LogP) is -3.27. The van der Waals surface area contributed by atoms with Crippen molar-refractivity contribution in [3.8, 4) is 0 Å². The summed E-state index contributed by atoms with van der Waals surface area (Å²) in [6, 6.07) is 0. The van der Waals surface area contributed by atoms with Crippen molar-refractivity contribution in [1.29, 1.82) is 0 Å². The van der Waals surface area contributed by atoms with E-state index in [4.69, 9.17) is 3.17 Å². The molecule has 3 nitrogen and oxygen atoms in total. The fourth-order valence-corrected chi connectivity index (χ4v) is 1.16. The van der Waals surface area contributed by atoms with Gasteiger partial charge < -0.3 is 0 Å². The van der Waals surface area contributed by atoms with Gasteiger partial charge in [0, 0.05) is 0 Å². The van der Waals surface area contributed by atoms with Crippen LogP contribution in [0.15, 0.2) is 0 Å².